The lowest BCUT2D eigenvalue weighted by Gasteiger charge is -2.35. The van der Waals surface area contributed by atoms with Crippen molar-refractivity contribution in [3.8, 4) is 0 Å². The molecule has 1 aromatic carbocycles. The van der Waals surface area contributed by atoms with Crippen molar-refractivity contribution in [3.05, 3.63) is 33.8 Å². The number of hydrogen-bond donors (Lipinski definition) is 1. The molecule has 1 fully saturated rings. The summed E-state index contributed by atoms with van der Waals surface area (Å²) >= 11 is 3.43. The molecule has 4 heteroatoms. The minimum absolute atomic E-state index is 0.244. The quantitative estimate of drug-likeness (QED) is 0.910. The van der Waals surface area contributed by atoms with E-state index in [-0.39, 0.29) is 5.91 Å². The van der Waals surface area contributed by atoms with E-state index < -0.39 is 5.41 Å². The standard InChI is InChI=1S/C13H16BrNO2/c1-9-8-10(14)2-3-11(9)13(12(15)16)4-6-17-7-5-13/h2-3,8H,4-7H2,1H3,(H2,15,16). The molecule has 1 aliphatic heterocycles. The van der Waals surface area contributed by atoms with E-state index in [2.05, 4.69) is 15.9 Å². The SMILES string of the molecule is Cc1cc(Br)ccc1C1(C(N)=O)CCOCC1. The summed E-state index contributed by atoms with van der Waals surface area (Å²) in [6.45, 7) is 3.21. The van der Waals surface area contributed by atoms with Gasteiger partial charge in [0.1, 0.15) is 0 Å². The Morgan fingerprint density at radius 1 is 1.41 bits per heavy atom. The first-order chi connectivity index (χ1) is 8.06. The highest BCUT2D eigenvalue weighted by Crippen LogP contribution is 2.37. The van der Waals surface area contributed by atoms with Gasteiger partial charge in [-0.3, -0.25) is 4.79 Å². The van der Waals surface area contributed by atoms with Gasteiger partial charge in [0.2, 0.25) is 5.91 Å². The molecule has 1 aromatic rings. The largest absolute Gasteiger partial charge is 0.381 e. The summed E-state index contributed by atoms with van der Waals surface area (Å²) in [6.07, 6.45) is 1.34. The van der Waals surface area contributed by atoms with Gasteiger partial charge >= 0.3 is 0 Å². The van der Waals surface area contributed by atoms with Gasteiger partial charge in [0, 0.05) is 17.7 Å². The molecule has 2 N–H and O–H groups in total. The summed E-state index contributed by atoms with van der Waals surface area (Å²) < 4.78 is 6.36. The lowest BCUT2D eigenvalue weighted by atomic mass is 9.72. The smallest absolute Gasteiger partial charge is 0.228 e. The fourth-order valence-corrected chi connectivity index (χ4v) is 3.01. The minimum atomic E-state index is -0.553. The van der Waals surface area contributed by atoms with Gasteiger partial charge in [-0.05, 0) is 43.0 Å². The van der Waals surface area contributed by atoms with Gasteiger partial charge in [-0.1, -0.05) is 22.0 Å². The summed E-state index contributed by atoms with van der Waals surface area (Å²) in [5, 5.41) is 0. The predicted octanol–water partition coefficient (Wildman–Crippen LogP) is 2.29. The first kappa shape index (κ1) is 12.6. The van der Waals surface area contributed by atoms with E-state index in [0.29, 0.717) is 26.1 Å². The molecule has 1 heterocycles. The fourth-order valence-electron chi connectivity index (χ4n) is 2.53. The number of hydrogen-bond acceptors (Lipinski definition) is 2. The van der Waals surface area contributed by atoms with Crippen molar-refractivity contribution in [1.29, 1.82) is 0 Å². The lowest BCUT2D eigenvalue weighted by Crippen LogP contribution is -2.46. The summed E-state index contributed by atoms with van der Waals surface area (Å²) in [5.74, 6) is -0.244. The molecule has 92 valence electrons. The van der Waals surface area contributed by atoms with E-state index >= 15 is 0 Å². The lowest BCUT2D eigenvalue weighted by molar-refractivity contribution is -0.127. The molecule has 0 atom stereocenters. The Bertz CT molecular complexity index is 439. The highest BCUT2D eigenvalue weighted by atomic mass is 79.9. The zero-order valence-electron chi connectivity index (χ0n) is 9.83. The van der Waals surface area contributed by atoms with Crippen LogP contribution >= 0.6 is 15.9 Å². The predicted molar refractivity (Wildman–Crippen MR) is 69.8 cm³/mol. The molecule has 0 aromatic heterocycles. The van der Waals surface area contributed by atoms with Crippen LogP contribution in [-0.2, 0) is 14.9 Å². The van der Waals surface area contributed by atoms with Crippen LogP contribution < -0.4 is 5.73 Å². The van der Waals surface area contributed by atoms with Crippen LogP contribution in [0.1, 0.15) is 24.0 Å². The first-order valence-corrected chi connectivity index (χ1v) is 6.50. The van der Waals surface area contributed by atoms with Crippen LogP contribution in [0.3, 0.4) is 0 Å². The fraction of sp³-hybridized carbons (Fsp3) is 0.462. The summed E-state index contributed by atoms with van der Waals surface area (Å²) in [4.78, 5) is 11.9. The molecule has 3 nitrogen and oxygen atoms in total. The molecule has 0 bridgehead atoms. The molecule has 2 rings (SSSR count). The molecule has 17 heavy (non-hydrogen) atoms. The first-order valence-electron chi connectivity index (χ1n) is 5.70. The topological polar surface area (TPSA) is 52.3 Å². The third-order valence-corrected chi connectivity index (χ3v) is 4.02. The molecular weight excluding hydrogens is 282 g/mol. The Balaban J connectivity index is 2.49. The molecule has 0 unspecified atom stereocenters. The Morgan fingerprint density at radius 2 is 2.06 bits per heavy atom. The molecular formula is C13H16BrNO2. The van der Waals surface area contributed by atoms with Crippen molar-refractivity contribution in [2.24, 2.45) is 5.73 Å². The van der Waals surface area contributed by atoms with Crippen molar-refractivity contribution >= 4 is 21.8 Å². The second-order valence-electron chi connectivity index (χ2n) is 4.52. The zero-order valence-corrected chi connectivity index (χ0v) is 11.4. The maximum absolute atomic E-state index is 11.9. The number of carbonyl (C=O) groups excluding carboxylic acids is 1. The van der Waals surface area contributed by atoms with Crippen LogP contribution in [0.5, 0.6) is 0 Å². The van der Waals surface area contributed by atoms with E-state index in [1.165, 1.54) is 0 Å². The van der Waals surface area contributed by atoms with E-state index in [4.69, 9.17) is 10.5 Å². The van der Waals surface area contributed by atoms with Crippen molar-refractivity contribution < 1.29 is 9.53 Å². The van der Waals surface area contributed by atoms with Crippen molar-refractivity contribution in [2.75, 3.05) is 13.2 Å². The Hall–Kier alpha value is -0.870. The number of amides is 1. The average molecular weight is 298 g/mol. The second kappa shape index (κ2) is 4.78. The third kappa shape index (κ3) is 2.24. The number of primary amides is 1. The van der Waals surface area contributed by atoms with Gasteiger partial charge in [-0.25, -0.2) is 0 Å². The van der Waals surface area contributed by atoms with Crippen LogP contribution in [-0.4, -0.2) is 19.1 Å². The maximum atomic E-state index is 11.9. The van der Waals surface area contributed by atoms with Crippen LogP contribution in [0.25, 0.3) is 0 Å². The molecule has 0 spiro atoms. The summed E-state index contributed by atoms with van der Waals surface area (Å²) in [5.41, 5.74) is 7.22. The van der Waals surface area contributed by atoms with Gasteiger partial charge in [0.15, 0.2) is 0 Å². The van der Waals surface area contributed by atoms with Gasteiger partial charge in [-0.15, -0.1) is 0 Å². The summed E-state index contributed by atoms with van der Waals surface area (Å²) in [6, 6.07) is 5.98. The van der Waals surface area contributed by atoms with Gasteiger partial charge in [0.25, 0.3) is 0 Å². The number of carbonyl (C=O) groups is 1. The maximum Gasteiger partial charge on any atom is 0.228 e. The number of aryl methyl sites for hydroxylation is 1. The number of ether oxygens (including phenoxy) is 1. The third-order valence-electron chi connectivity index (χ3n) is 3.52. The van der Waals surface area contributed by atoms with Gasteiger partial charge in [0.05, 0.1) is 5.41 Å². The molecule has 0 aliphatic carbocycles. The van der Waals surface area contributed by atoms with Gasteiger partial charge < -0.3 is 10.5 Å². The number of nitrogens with two attached hydrogens (primary N) is 1. The van der Waals surface area contributed by atoms with E-state index in [1.54, 1.807) is 0 Å². The number of halogens is 1. The molecule has 1 amide bonds. The van der Waals surface area contributed by atoms with E-state index in [1.807, 2.05) is 25.1 Å². The number of benzene rings is 1. The van der Waals surface area contributed by atoms with Gasteiger partial charge in [-0.2, -0.15) is 0 Å². The van der Waals surface area contributed by atoms with Crippen molar-refractivity contribution in [1.82, 2.24) is 0 Å². The van der Waals surface area contributed by atoms with E-state index in [9.17, 15) is 4.79 Å². The second-order valence-corrected chi connectivity index (χ2v) is 5.43. The average Bonchev–Trinajstić information content (AvgIpc) is 2.29. The van der Waals surface area contributed by atoms with Crippen LogP contribution in [0.4, 0.5) is 0 Å². The molecule has 1 aliphatic rings. The molecule has 0 radical (unpaired) electrons. The van der Waals surface area contributed by atoms with E-state index in [0.717, 1.165) is 15.6 Å². The Labute approximate surface area is 109 Å². The zero-order chi connectivity index (χ0) is 12.5. The monoisotopic (exact) mass is 297 g/mol. The Morgan fingerprint density at radius 3 is 2.59 bits per heavy atom. The van der Waals surface area contributed by atoms with Crippen molar-refractivity contribution in [2.45, 2.75) is 25.2 Å². The minimum Gasteiger partial charge on any atom is -0.381 e. The number of rotatable bonds is 2. The van der Waals surface area contributed by atoms with Crippen molar-refractivity contribution in [3.63, 3.8) is 0 Å². The summed E-state index contributed by atoms with van der Waals surface area (Å²) in [7, 11) is 0. The molecule has 0 saturated carbocycles. The molecule has 1 saturated heterocycles. The Kier molecular flexibility index (Phi) is 3.54. The normalized spacial score (nSPS) is 18.9. The van der Waals surface area contributed by atoms with Crippen LogP contribution in [0.2, 0.25) is 0 Å². The highest BCUT2D eigenvalue weighted by molar-refractivity contribution is 9.10. The van der Waals surface area contributed by atoms with Crippen LogP contribution in [0, 0.1) is 6.92 Å². The van der Waals surface area contributed by atoms with Crippen LogP contribution in [0.15, 0.2) is 22.7 Å². The highest BCUT2D eigenvalue weighted by Gasteiger charge is 2.40.